The zero-order valence-electron chi connectivity index (χ0n) is 17.6. The second kappa shape index (κ2) is 7.27. The third-order valence-electron chi connectivity index (χ3n) is 6.44. The Morgan fingerprint density at radius 2 is 1.94 bits per heavy atom. The van der Waals surface area contributed by atoms with Crippen molar-refractivity contribution in [3.05, 3.63) is 41.7 Å². The number of nitrogens with one attached hydrogen (secondary N) is 1. The van der Waals surface area contributed by atoms with Gasteiger partial charge in [0.2, 0.25) is 10.0 Å². The van der Waals surface area contributed by atoms with Gasteiger partial charge >= 0.3 is 6.18 Å². The Kier molecular flexibility index (Phi) is 4.81. The molecule has 0 amide bonds. The largest absolute Gasteiger partial charge is 0.407 e. The van der Waals surface area contributed by atoms with Gasteiger partial charge in [0.05, 0.1) is 16.9 Å². The Labute approximate surface area is 188 Å². The molecule has 2 aliphatic rings. The van der Waals surface area contributed by atoms with E-state index in [4.69, 9.17) is 0 Å². The molecule has 11 heteroatoms. The predicted octanol–water partition coefficient (Wildman–Crippen LogP) is 4.38. The molecule has 0 aromatic carbocycles. The fourth-order valence-electron chi connectivity index (χ4n) is 4.23. The molecule has 3 aromatic rings. The Bertz CT molecular complexity index is 1400. The number of aryl methyl sites for hydroxylation is 1. The number of alkyl halides is 3. The highest BCUT2D eigenvalue weighted by Gasteiger charge is 2.65. The predicted molar refractivity (Wildman–Crippen MR) is 114 cm³/mol. The fraction of sp³-hybridized carbons (Fsp3) is 0.409. The van der Waals surface area contributed by atoms with E-state index in [1.54, 1.807) is 10.9 Å². The molecule has 0 bridgehead atoms. The highest BCUT2D eigenvalue weighted by Crippen LogP contribution is 2.49. The van der Waals surface area contributed by atoms with Crippen LogP contribution in [0.1, 0.15) is 49.3 Å². The third-order valence-corrected chi connectivity index (χ3v) is 7.96. The number of pyridine rings is 2. The molecular weight excluding hydrogens is 455 g/mol. The fourth-order valence-corrected chi connectivity index (χ4v) is 5.62. The standard InChI is InChI=1S/C22H20F3N5O2S/c1-13-9-18-19(28-11-13)16(10-26)20(30(18)14-3-2-4-14)17-6-5-15(12-27-17)33(31,32)29-21(7-8-21)22(23,24)25/h5-6,9,11-12,14,29H,2-4,7-8H2,1H3. The topological polar surface area (TPSA) is 101 Å². The summed E-state index contributed by atoms with van der Waals surface area (Å²) in [7, 11) is -4.42. The van der Waals surface area contributed by atoms with Gasteiger partial charge in [0.25, 0.3) is 0 Å². The second-order valence-corrected chi connectivity index (χ2v) is 10.4. The molecule has 5 rings (SSSR count). The van der Waals surface area contributed by atoms with Gasteiger partial charge in [-0.2, -0.15) is 23.2 Å². The maximum atomic E-state index is 13.2. The number of fused-ring (bicyclic) bond motifs is 1. The second-order valence-electron chi connectivity index (χ2n) is 8.74. The van der Waals surface area contributed by atoms with Gasteiger partial charge in [-0.1, -0.05) is 0 Å². The molecule has 33 heavy (non-hydrogen) atoms. The van der Waals surface area contributed by atoms with Gasteiger partial charge in [0, 0.05) is 18.4 Å². The molecule has 2 fully saturated rings. The Hall–Kier alpha value is -2.97. The van der Waals surface area contributed by atoms with Crippen LogP contribution < -0.4 is 4.72 Å². The number of hydrogen-bond acceptors (Lipinski definition) is 5. The summed E-state index contributed by atoms with van der Waals surface area (Å²) < 4.78 is 68.7. The van der Waals surface area contributed by atoms with E-state index in [9.17, 15) is 26.9 Å². The van der Waals surface area contributed by atoms with Crippen molar-refractivity contribution in [3.63, 3.8) is 0 Å². The maximum absolute atomic E-state index is 13.2. The number of hydrogen-bond donors (Lipinski definition) is 1. The van der Waals surface area contributed by atoms with E-state index in [-0.39, 0.29) is 23.8 Å². The monoisotopic (exact) mass is 475 g/mol. The summed E-state index contributed by atoms with van der Waals surface area (Å²) in [6.07, 6.45) is 0.401. The minimum absolute atomic E-state index is 0.168. The SMILES string of the molecule is Cc1cnc2c(C#N)c(-c3ccc(S(=O)(=O)NC4(C(F)(F)F)CC4)cn3)n(C3CCC3)c2c1. The minimum atomic E-state index is -4.66. The molecule has 172 valence electrons. The van der Waals surface area contributed by atoms with Crippen molar-refractivity contribution in [1.82, 2.24) is 19.3 Å². The molecule has 0 atom stereocenters. The van der Waals surface area contributed by atoms with Crippen LogP contribution in [0.3, 0.4) is 0 Å². The first kappa shape index (κ1) is 21.9. The summed E-state index contributed by atoms with van der Waals surface area (Å²) in [4.78, 5) is 8.34. The van der Waals surface area contributed by atoms with Crippen molar-refractivity contribution in [2.45, 2.75) is 61.7 Å². The Balaban J connectivity index is 1.58. The molecule has 0 aliphatic heterocycles. The number of sulfonamides is 1. The van der Waals surface area contributed by atoms with Crippen LogP contribution in [-0.4, -0.2) is 34.7 Å². The first-order valence-electron chi connectivity index (χ1n) is 10.5. The minimum Gasteiger partial charge on any atom is -0.334 e. The molecule has 0 spiro atoms. The molecule has 3 heterocycles. The number of nitrogens with zero attached hydrogens (tertiary/aromatic N) is 4. The van der Waals surface area contributed by atoms with E-state index in [2.05, 4.69) is 16.0 Å². The first-order chi connectivity index (χ1) is 15.6. The average Bonchev–Trinajstić information content (AvgIpc) is 3.43. The number of nitriles is 1. The summed E-state index contributed by atoms with van der Waals surface area (Å²) in [6.45, 7) is 1.91. The number of aromatic nitrogens is 3. The van der Waals surface area contributed by atoms with E-state index in [1.807, 2.05) is 17.6 Å². The lowest BCUT2D eigenvalue weighted by Crippen LogP contribution is -2.47. The van der Waals surface area contributed by atoms with Crippen LogP contribution in [0.25, 0.3) is 22.4 Å². The average molecular weight is 475 g/mol. The van der Waals surface area contributed by atoms with Gasteiger partial charge in [-0.15, -0.1) is 0 Å². The first-order valence-corrected chi connectivity index (χ1v) is 12.0. The lowest BCUT2D eigenvalue weighted by Gasteiger charge is -2.30. The quantitative estimate of drug-likeness (QED) is 0.590. The Morgan fingerprint density at radius 3 is 2.45 bits per heavy atom. The molecular formula is C22H20F3N5O2S. The molecule has 2 aliphatic carbocycles. The van der Waals surface area contributed by atoms with Crippen LogP contribution in [0.5, 0.6) is 0 Å². The van der Waals surface area contributed by atoms with Gasteiger partial charge in [-0.3, -0.25) is 9.97 Å². The van der Waals surface area contributed by atoms with Crippen LogP contribution in [0.4, 0.5) is 13.2 Å². The van der Waals surface area contributed by atoms with Crippen LogP contribution in [0, 0.1) is 18.3 Å². The molecule has 2 saturated carbocycles. The normalized spacial score (nSPS) is 18.2. The Morgan fingerprint density at radius 1 is 1.21 bits per heavy atom. The van der Waals surface area contributed by atoms with E-state index >= 15 is 0 Å². The van der Waals surface area contributed by atoms with Crippen molar-refractivity contribution in [1.29, 1.82) is 5.26 Å². The van der Waals surface area contributed by atoms with E-state index in [0.717, 1.165) is 36.5 Å². The van der Waals surface area contributed by atoms with Crippen molar-refractivity contribution >= 4 is 21.1 Å². The van der Waals surface area contributed by atoms with Gasteiger partial charge < -0.3 is 4.57 Å². The molecule has 0 unspecified atom stereocenters. The zero-order valence-corrected chi connectivity index (χ0v) is 18.5. The van der Waals surface area contributed by atoms with E-state index < -0.39 is 21.7 Å². The van der Waals surface area contributed by atoms with Gasteiger partial charge in [-0.05, 0) is 62.8 Å². The lowest BCUT2D eigenvalue weighted by molar-refractivity contribution is -0.160. The van der Waals surface area contributed by atoms with Crippen molar-refractivity contribution in [3.8, 4) is 17.5 Å². The van der Waals surface area contributed by atoms with Crippen LogP contribution in [0.2, 0.25) is 0 Å². The highest BCUT2D eigenvalue weighted by atomic mass is 32.2. The van der Waals surface area contributed by atoms with E-state index in [1.165, 1.54) is 12.1 Å². The van der Waals surface area contributed by atoms with Gasteiger partial charge in [-0.25, -0.2) is 8.42 Å². The molecule has 7 nitrogen and oxygen atoms in total. The zero-order chi connectivity index (χ0) is 23.6. The molecule has 1 N–H and O–H groups in total. The van der Waals surface area contributed by atoms with Crippen molar-refractivity contribution < 1.29 is 21.6 Å². The molecule has 0 radical (unpaired) electrons. The summed E-state index contributed by atoms with van der Waals surface area (Å²) >= 11 is 0. The number of rotatable bonds is 5. The molecule has 3 aromatic heterocycles. The van der Waals surface area contributed by atoms with Gasteiger partial charge in [0.1, 0.15) is 27.6 Å². The summed E-state index contributed by atoms with van der Waals surface area (Å²) in [5.41, 5.74) is 1.14. The summed E-state index contributed by atoms with van der Waals surface area (Å²) in [5, 5.41) is 9.88. The van der Waals surface area contributed by atoms with Crippen LogP contribution in [0.15, 0.2) is 35.5 Å². The highest BCUT2D eigenvalue weighted by molar-refractivity contribution is 7.89. The maximum Gasteiger partial charge on any atom is 0.407 e. The van der Waals surface area contributed by atoms with E-state index in [0.29, 0.717) is 22.5 Å². The van der Waals surface area contributed by atoms with Crippen LogP contribution in [-0.2, 0) is 10.0 Å². The lowest BCUT2D eigenvalue weighted by atomic mass is 9.92. The summed E-state index contributed by atoms with van der Waals surface area (Å²) in [6, 6.07) is 6.98. The smallest absolute Gasteiger partial charge is 0.334 e. The number of halogens is 3. The van der Waals surface area contributed by atoms with Crippen LogP contribution >= 0.6 is 0 Å². The van der Waals surface area contributed by atoms with Gasteiger partial charge in [0.15, 0.2) is 0 Å². The van der Waals surface area contributed by atoms with Crippen molar-refractivity contribution in [2.75, 3.05) is 0 Å². The molecule has 0 saturated heterocycles. The van der Waals surface area contributed by atoms with Crippen molar-refractivity contribution in [2.24, 2.45) is 0 Å². The third kappa shape index (κ3) is 3.48. The summed E-state index contributed by atoms with van der Waals surface area (Å²) in [5.74, 6) is 0.